The fourth-order valence-electron chi connectivity index (χ4n) is 1.27. The van der Waals surface area contributed by atoms with Crippen molar-refractivity contribution in [3.8, 4) is 0 Å². The Morgan fingerprint density at radius 1 is 1.12 bits per heavy atom. The molecule has 1 aromatic carbocycles. The van der Waals surface area contributed by atoms with Crippen LogP contribution in [0.3, 0.4) is 0 Å². The number of para-hydroxylation sites is 1. The molecule has 0 atom stereocenters. The summed E-state index contributed by atoms with van der Waals surface area (Å²) in [7, 11) is 0. The van der Waals surface area contributed by atoms with Crippen LogP contribution < -0.4 is 5.32 Å². The molecule has 0 aliphatic rings. The predicted octanol–water partition coefficient (Wildman–Crippen LogP) is 2.55. The molecule has 3 nitrogen and oxygen atoms in total. The normalized spacial score (nSPS) is 10.1. The number of anilines is 1. The average molecular weight is 222 g/mol. The van der Waals surface area contributed by atoms with Crippen molar-refractivity contribution in [1.82, 2.24) is 4.98 Å². The monoisotopic (exact) mass is 222 g/mol. The molecule has 1 amide bonds. The molecule has 0 spiro atoms. The largest absolute Gasteiger partial charge is 0.357 e. The Morgan fingerprint density at radius 2 is 1.81 bits per heavy atom. The van der Waals surface area contributed by atoms with Crippen molar-refractivity contribution in [3.05, 3.63) is 53.9 Å². The Hall–Kier alpha value is -2.17. The summed E-state index contributed by atoms with van der Waals surface area (Å²) in [6.07, 6.45) is 1.55. The van der Waals surface area contributed by atoms with Gasteiger partial charge in [-0.2, -0.15) is 0 Å². The van der Waals surface area contributed by atoms with Crippen LogP contribution in [0.1, 0.15) is 10.5 Å². The second-order valence-electron chi connectivity index (χ2n) is 3.13. The van der Waals surface area contributed by atoms with Crippen LogP contribution in [-0.4, -0.2) is 10.9 Å². The molecule has 0 aliphatic heterocycles. The van der Waals surface area contributed by atoms with Crippen molar-refractivity contribution in [2.75, 3.05) is 5.32 Å². The lowest BCUT2D eigenvalue weighted by molar-refractivity contribution is 0.102. The van der Waals surface area contributed by atoms with Gasteiger partial charge in [0.25, 0.3) is 5.91 Å². The van der Waals surface area contributed by atoms with Crippen molar-refractivity contribution in [2.24, 2.45) is 0 Å². The van der Waals surface area contributed by atoms with Crippen molar-refractivity contribution in [3.63, 3.8) is 0 Å². The number of carbonyl (C=O) groups is 1. The minimum Gasteiger partial charge on any atom is -0.357 e. The van der Waals surface area contributed by atoms with Crippen LogP contribution in [0.4, 0.5) is 14.5 Å². The summed E-state index contributed by atoms with van der Waals surface area (Å²) in [5, 5.41) is 2.16. The lowest BCUT2D eigenvalue weighted by Gasteiger charge is -2.05. The van der Waals surface area contributed by atoms with Gasteiger partial charge in [-0.05, 0) is 24.3 Å². The minimum atomic E-state index is -0.806. The molecule has 2 rings (SSSR count). The Bertz CT molecular complexity index is 488. The third-order valence-electron chi connectivity index (χ3n) is 2.04. The topological polar surface area (TPSA) is 44.9 Å². The number of rotatable bonds is 2. The van der Waals surface area contributed by atoms with E-state index < -0.39 is 23.2 Å². The summed E-state index contributed by atoms with van der Waals surface area (Å²) in [4.78, 5) is 14.1. The van der Waals surface area contributed by atoms with Crippen LogP contribution in [0.15, 0.2) is 36.5 Å². The smallest absolute Gasteiger partial charge is 0.272 e. The number of aromatic amines is 1. The Kier molecular flexibility index (Phi) is 2.68. The van der Waals surface area contributed by atoms with E-state index in [0.29, 0.717) is 0 Å². The summed E-state index contributed by atoms with van der Waals surface area (Å²) in [5.41, 5.74) is -0.204. The predicted molar refractivity (Wildman–Crippen MR) is 55.1 cm³/mol. The van der Waals surface area contributed by atoms with Gasteiger partial charge in [0, 0.05) is 6.20 Å². The Morgan fingerprint density at radius 3 is 2.38 bits per heavy atom. The number of hydrogen-bond acceptors (Lipinski definition) is 1. The number of H-pyrrole nitrogens is 1. The van der Waals surface area contributed by atoms with Crippen LogP contribution in [0, 0.1) is 11.6 Å². The SMILES string of the molecule is O=C(Nc1c(F)cccc1F)c1ccc[nH]1. The lowest BCUT2D eigenvalue weighted by atomic mass is 10.3. The van der Waals surface area contributed by atoms with Crippen molar-refractivity contribution in [2.45, 2.75) is 0 Å². The number of hydrogen-bond donors (Lipinski definition) is 2. The number of carbonyl (C=O) groups excluding carboxylic acids is 1. The van der Waals surface area contributed by atoms with Gasteiger partial charge in [-0.3, -0.25) is 4.79 Å². The molecule has 0 saturated carbocycles. The zero-order chi connectivity index (χ0) is 11.5. The van der Waals surface area contributed by atoms with Gasteiger partial charge in [-0.25, -0.2) is 8.78 Å². The molecule has 0 radical (unpaired) electrons. The highest BCUT2D eigenvalue weighted by Gasteiger charge is 2.13. The number of amides is 1. The van der Waals surface area contributed by atoms with Gasteiger partial charge >= 0.3 is 0 Å². The molecule has 1 heterocycles. The third kappa shape index (κ3) is 1.93. The number of nitrogens with one attached hydrogen (secondary N) is 2. The fraction of sp³-hybridized carbons (Fsp3) is 0. The van der Waals surface area contributed by atoms with E-state index in [1.165, 1.54) is 12.1 Å². The van der Waals surface area contributed by atoms with E-state index in [2.05, 4.69) is 10.3 Å². The molecule has 2 aromatic rings. The van der Waals surface area contributed by atoms with Crippen LogP contribution >= 0.6 is 0 Å². The van der Waals surface area contributed by atoms with Gasteiger partial charge < -0.3 is 10.3 Å². The highest BCUT2D eigenvalue weighted by molar-refractivity contribution is 6.03. The summed E-state index contributed by atoms with van der Waals surface area (Å²) in [5.74, 6) is -2.20. The van der Waals surface area contributed by atoms with E-state index >= 15 is 0 Å². The molecule has 1 aromatic heterocycles. The van der Waals surface area contributed by atoms with Crippen molar-refractivity contribution in [1.29, 1.82) is 0 Å². The maximum Gasteiger partial charge on any atom is 0.272 e. The summed E-state index contributed by atoms with van der Waals surface area (Å²) in [6.45, 7) is 0. The van der Waals surface area contributed by atoms with Crippen LogP contribution in [0.25, 0.3) is 0 Å². The van der Waals surface area contributed by atoms with E-state index in [-0.39, 0.29) is 5.69 Å². The number of halogens is 2. The summed E-state index contributed by atoms with van der Waals surface area (Å²) in [6, 6.07) is 6.51. The maximum absolute atomic E-state index is 13.2. The summed E-state index contributed by atoms with van der Waals surface area (Å²) >= 11 is 0. The maximum atomic E-state index is 13.2. The second-order valence-corrected chi connectivity index (χ2v) is 3.13. The first kappa shape index (κ1) is 10.4. The summed E-state index contributed by atoms with van der Waals surface area (Å²) < 4.78 is 26.4. The molecule has 0 fully saturated rings. The Labute approximate surface area is 90.1 Å². The zero-order valence-corrected chi connectivity index (χ0v) is 8.13. The van der Waals surface area contributed by atoms with E-state index in [4.69, 9.17) is 0 Å². The van der Waals surface area contributed by atoms with Crippen LogP contribution in [0.2, 0.25) is 0 Å². The molecule has 5 heteroatoms. The van der Waals surface area contributed by atoms with Gasteiger partial charge in [0.1, 0.15) is 23.0 Å². The third-order valence-corrected chi connectivity index (χ3v) is 2.04. The molecular formula is C11H8F2N2O. The molecule has 82 valence electrons. The van der Waals surface area contributed by atoms with Gasteiger partial charge in [0.05, 0.1) is 0 Å². The molecular weight excluding hydrogens is 214 g/mol. The standard InChI is InChI=1S/C11H8F2N2O/c12-7-3-1-4-8(13)10(7)15-11(16)9-5-2-6-14-9/h1-6,14H,(H,15,16). The lowest BCUT2D eigenvalue weighted by Crippen LogP contribution is -2.14. The van der Waals surface area contributed by atoms with E-state index in [1.807, 2.05) is 0 Å². The molecule has 16 heavy (non-hydrogen) atoms. The first-order valence-corrected chi connectivity index (χ1v) is 4.57. The highest BCUT2D eigenvalue weighted by atomic mass is 19.1. The van der Waals surface area contributed by atoms with Crippen molar-refractivity contribution >= 4 is 11.6 Å². The molecule has 0 saturated heterocycles. The Balaban J connectivity index is 2.25. The fourth-order valence-corrected chi connectivity index (χ4v) is 1.27. The zero-order valence-electron chi connectivity index (χ0n) is 8.13. The van der Waals surface area contributed by atoms with Gasteiger partial charge in [-0.1, -0.05) is 6.07 Å². The van der Waals surface area contributed by atoms with E-state index in [9.17, 15) is 13.6 Å². The van der Waals surface area contributed by atoms with E-state index in [0.717, 1.165) is 12.1 Å². The quantitative estimate of drug-likeness (QED) is 0.805. The van der Waals surface area contributed by atoms with Crippen molar-refractivity contribution < 1.29 is 13.6 Å². The second kappa shape index (κ2) is 4.14. The van der Waals surface area contributed by atoms with Gasteiger partial charge in [0.15, 0.2) is 0 Å². The van der Waals surface area contributed by atoms with Crippen LogP contribution in [0.5, 0.6) is 0 Å². The first-order chi connectivity index (χ1) is 7.68. The van der Waals surface area contributed by atoms with Crippen LogP contribution in [-0.2, 0) is 0 Å². The molecule has 0 aliphatic carbocycles. The average Bonchev–Trinajstić information content (AvgIpc) is 2.76. The minimum absolute atomic E-state index is 0.239. The van der Waals surface area contributed by atoms with Gasteiger partial charge in [0.2, 0.25) is 0 Å². The number of benzene rings is 1. The molecule has 0 unspecified atom stereocenters. The molecule has 0 bridgehead atoms. The molecule has 2 N–H and O–H groups in total. The van der Waals surface area contributed by atoms with Gasteiger partial charge in [-0.15, -0.1) is 0 Å². The van der Waals surface area contributed by atoms with E-state index in [1.54, 1.807) is 12.3 Å². The first-order valence-electron chi connectivity index (χ1n) is 4.57. The highest BCUT2D eigenvalue weighted by Crippen LogP contribution is 2.18. The number of aromatic nitrogens is 1.